The van der Waals surface area contributed by atoms with E-state index in [1.54, 1.807) is 7.11 Å². The third-order valence-electron chi connectivity index (χ3n) is 6.41. The van der Waals surface area contributed by atoms with E-state index in [0.29, 0.717) is 0 Å². The average molecular weight is 547 g/mol. The van der Waals surface area contributed by atoms with Gasteiger partial charge in [-0.05, 0) is 49.1 Å². The second kappa shape index (κ2) is 8.77. The lowest BCUT2D eigenvalue weighted by molar-refractivity contribution is 0.217. The van der Waals surface area contributed by atoms with Gasteiger partial charge >= 0.3 is 0 Å². The summed E-state index contributed by atoms with van der Waals surface area (Å²) in [6.45, 7) is 2.10. The zero-order valence-electron chi connectivity index (χ0n) is 19.4. The lowest BCUT2D eigenvalue weighted by atomic mass is 9.84. The zero-order valence-corrected chi connectivity index (χ0v) is 21.9. The van der Waals surface area contributed by atoms with Gasteiger partial charge in [-0.3, -0.25) is 0 Å². The molecule has 35 heavy (non-hydrogen) atoms. The highest BCUT2D eigenvalue weighted by Crippen LogP contribution is 2.52. The van der Waals surface area contributed by atoms with Crippen LogP contribution in [0.1, 0.15) is 34.4 Å². The summed E-state index contributed by atoms with van der Waals surface area (Å²) in [5.41, 5.74) is 6.33. The first-order valence-electron chi connectivity index (χ1n) is 11.2. The van der Waals surface area contributed by atoms with E-state index in [9.17, 15) is 0 Å². The van der Waals surface area contributed by atoms with Crippen molar-refractivity contribution in [3.05, 3.63) is 99.0 Å². The van der Waals surface area contributed by atoms with Gasteiger partial charge in [0.2, 0.25) is 11.1 Å². The lowest BCUT2D eigenvalue weighted by Gasteiger charge is -2.39. The quantitative estimate of drug-likeness (QED) is 0.289. The maximum absolute atomic E-state index is 6.74. The lowest BCUT2D eigenvalue weighted by Crippen LogP contribution is -2.32. The molecule has 0 spiro atoms. The molecule has 2 atom stereocenters. The maximum atomic E-state index is 6.74. The Morgan fingerprint density at radius 1 is 1.09 bits per heavy atom. The number of benzene rings is 3. The minimum atomic E-state index is -0.402. The molecular formula is C27H23BrN4O2S. The molecule has 0 unspecified atom stereocenters. The molecule has 1 aromatic heterocycles. The van der Waals surface area contributed by atoms with Crippen molar-refractivity contribution in [2.75, 3.05) is 18.7 Å². The Labute approximate surface area is 216 Å². The van der Waals surface area contributed by atoms with Crippen LogP contribution in [0.25, 0.3) is 5.70 Å². The Morgan fingerprint density at radius 3 is 2.66 bits per heavy atom. The Kier molecular flexibility index (Phi) is 5.57. The van der Waals surface area contributed by atoms with Gasteiger partial charge in [0.15, 0.2) is 6.10 Å². The fourth-order valence-corrected chi connectivity index (χ4v) is 5.51. The second-order valence-corrected chi connectivity index (χ2v) is 10.2. The van der Waals surface area contributed by atoms with Crippen LogP contribution < -0.4 is 14.8 Å². The number of methoxy groups -OCH3 is 1. The van der Waals surface area contributed by atoms with Gasteiger partial charge in [-0.2, -0.15) is 4.98 Å². The molecule has 0 aliphatic carbocycles. The highest BCUT2D eigenvalue weighted by molar-refractivity contribution is 9.10. The number of aromatic nitrogens is 3. The number of nitrogens with zero attached hydrogens (tertiary/aromatic N) is 3. The van der Waals surface area contributed by atoms with Crippen LogP contribution in [0.3, 0.4) is 0 Å². The van der Waals surface area contributed by atoms with Gasteiger partial charge in [-0.15, -0.1) is 5.10 Å². The van der Waals surface area contributed by atoms with Gasteiger partial charge in [-0.25, -0.2) is 4.68 Å². The van der Waals surface area contributed by atoms with E-state index < -0.39 is 6.10 Å². The summed E-state index contributed by atoms with van der Waals surface area (Å²) in [6.07, 6.45) is 1.59. The van der Waals surface area contributed by atoms with Crippen LogP contribution >= 0.6 is 27.7 Å². The largest absolute Gasteiger partial charge is 0.496 e. The molecule has 0 radical (unpaired) electrons. The van der Waals surface area contributed by atoms with Crippen molar-refractivity contribution in [2.24, 2.45) is 0 Å². The van der Waals surface area contributed by atoms with E-state index in [-0.39, 0.29) is 6.04 Å². The van der Waals surface area contributed by atoms with Crippen molar-refractivity contribution in [3.63, 3.8) is 0 Å². The average Bonchev–Trinajstić information content (AvgIpc) is 3.30. The van der Waals surface area contributed by atoms with Gasteiger partial charge in [0.05, 0.1) is 12.8 Å². The number of halogens is 1. The number of anilines is 1. The molecule has 6 nitrogen and oxygen atoms in total. The van der Waals surface area contributed by atoms with Gasteiger partial charge in [0.1, 0.15) is 17.5 Å². The molecular weight excluding hydrogens is 524 g/mol. The molecule has 0 amide bonds. The molecule has 6 rings (SSSR count). The van der Waals surface area contributed by atoms with Crippen LogP contribution in [0, 0.1) is 6.92 Å². The molecule has 3 aromatic carbocycles. The number of para-hydroxylation sites is 1. The van der Waals surface area contributed by atoms with E-state index in [4.69, 9.17) is 19.6 Å². The van der Waals surface area contributed by atoms with E-state index in [0.717, 1.165) is 55.0 Å². The van der Waals surface area contributed by atoms with Crippen molar-refractivity contribution in [1.29, 1.82) is 0 Å². The highest BCUT2D eigenvalue weighted by Gasteiger charge is 2.42. The predicted octanol–water partition coefficient (Wildman–Crippen LogP) is 6.64. The van der Waals surface area contributed by atoms with Crippen LogP contribution in [-0.4, -0.2) is 28.1 Å². The van der Waals surface area contributed by atoms with Crippen molar-refractivity contribution in [3.8, 4) is 11.5 Å². The number of rotatable bonds is 4. The number of nitrogens with one attached hydrogen (secondary N) is 1. The molecule has 0 bridgehead atoms. The Balaban J connectivity index is 1.65. The fraction of sp³-hybridized carbons (Fsp3) is 0.185. The number of aryl methyl sites for hydroxylation is 1. The summed E-state index contributed by atoms with van der Waals surface area (Å²) in [4.78, 5) is 4.77. The van der Waals surface area contributed by atoms with Crippen molar-refractivity contribution < 1.29 is 9.47 Å². The van der Waals surface area contributed by atoms with Gasteiger partial charge in [-0.1, -0.05) is 69.7 Å². The topological polar surface area (TPSA) is 61.2 Å². The Morgan fingerprint density at radius 2 is 1.89 bits per heavy atom. The molecule has 3 heterocycles. The molecule has 8 heteroatoms. The summed E-state index contributed by atoms with van der Waals surface area (Å²) in [7, 11) is 1.69. The number of hydrogen-bond donors (Lipinski definition) is 1. The van der Waals surface area contributed by atoms with E-state index >= 15 is 0 Å². The number of fused-ring (bicyclic) bond motifs is 3. The van der Waals surface area contributed by atoms with Crippen molar-refractivity contribution in [2.45, 2.75) is 24.2 Å². The fourth-order valence-electron chi connectivity index (χ4n) is 4.78. The number of ether oxygens (including phenoxy) is 2. The van der Waals surface area contributed by atoms with Gasteiger partial charge in [0.25, 0.3) is 0 Å². The van der Waals surface area contributed by atoms with E-state index in [1.807, 2.05) is 41.3 Å². The predicted molar refractivity (Wildman–Crippen MR) is 142 cm³/mol. The van der Waals surface area contributed by atoms with Crippen molar-refractivity contribution >= 4 is 39.3 Å². The van der Waals surface area contributed by atoms with Crippen LogP contribution in [0.4, 0.5) is 5.95 Å². The number of thioether (sulfide) groups is 1. The summed E-state index contributed by atoms with van der Waals surface area (Å²) in [5.74, 6) is 2.29. The molecule has 176 valence electrons. The third-order valence-corrected chi connectivity index (χ3v) is 7.44. The first-order chi connectivity index (χ1) is 17.1. The van der Waals surface area contributed by atoms with Gasteiger partial charge in [0, 0.05) is 21.2 Å². The molecule has 0 saturated heterocycles. The molecule has 2 aliphatic rings. The molecule has 2 aliphatic heterocycles. The zero-order chi connectivity index (χ0) is 24.1. The smallest absolute Gasteiger partial charge is 0.227 e. The SMILES string of the molecule is COc1ccc(Br)cc1[C@H]1Oc2ccccc2C2=C1[C@@H](c1ccc(C)cc1)n1nc(SC)nc1N2. The van der Waals surface area contributed by atoms with Gasteiger partial charge < -0.3 is 14.8 Å². The normalized spacial score (nSPS) is 18.2. The first-order valence-corrected chi connectivity index (χ1v) is 13.3. The summed E-state index contributed by atoms with van der Waals surface area (Å²) < 4.78 is 15.5. The van der Waals surface area contributed by atoms with Crippen LogP contribution in [-0.2, 0) is 0 Å². The Bertz CT molecular complexity index is 1460. The number of hydrogen-bond acceptors (Lipinski definition) is 6. The molecule has 0 saturated carbocycles. The van der Waals surface area contributed by atoms with Crippen LogP contribution in [0.15, 0.2) is 81.9 Å². The summed E-state index contributed by atoms with van der Waals surface area (Å²) >= 11 is 5.17. The highest BCUT2D eigenvalue weighted by atomic mass is 79.9. The standard InChI is InChI=1S/C27H23BrN4O2S/c1-15-8-10-16(11-9-15)24-22-23(29-26-30-27(35-3)31-32(24)26)18-6-4-5-7-21(18)34-25(22)19-14-17(28)12-13-20(19)33-2/h4-14,24-25H,1-3H3,(H,29,30,31)/t24-,25-/m1/s1. The Hall–Kier alpha value is -3.23. The monoisotopic (exact) mass is 546 g/mol. The summed E-state index contributed by atoms with van der Waals surface area (Å²) in [6, 6.07) is 22.5. The molecule has 1 N–H and O–H groups in total. The first kappa shape index (κ1) is 22.2. The summed E-state index contributed by atoms with van der Waals surface area (Å²) in [5, 5.41) is 9.17. The minimum Gasteiger partial charge on any atom is -0.496 e. The second-order valence-electron chi connectivity index (χ2n) is 8.52. The molecule has 4 aromatic rings. The van der Waals surface area contributed by atoms with Crippen molar-refractivity contribution in [1.82, 2.24) is 14.8 Å². The maximum Gasteiger partial charge on any atom is 0.227 e. The molecule has 0 fully saturated rings. The minimum absolute atomic E-state index is 0.211. The van der Waals surface area contributed by atoms with E-state index in [2.05, 4.69) is 64.6 Å². The van der Waals surface area contributed by atoms with Crippen LogP contribution in [0.5, 0.6) is 11.5 Å². The third kappa shape index (κ3) is 3.72. The van der Waals surface area contributed by atoms with E-state index in [1.165, 1.54) is 17.3 Å². The van der Waals surface area contributed by atoms with Crippen LogP contribution in [0.2, 0.25) is 0 Å².